The Hall–Kier alpha value is -1.10. The Morgan fingerprint density at radius 3 is 2.29 bits per heavy atom. The van der Waals surface area contributed by atoms with Crippen LogP contribution in [0.3, 0.4) is 0 Å². The van der Waals surface area contributed by atoms with E-state index in [1.54, 1.807) is 4.90 Å². The molecule has 5 heteroatoms. The molecule has 0 radical (unpaired) electrons. The number of carbonyl (C=O) groups excluding carboxylic acids is 1. The number of aliphatic carboxylic acids is 1. The van der Waals surface area contributed by atoms with E-state index < -0.39 is 5.97 Å². The minimum Gasteiger partial charge on any atom is -0.481 e. The SMILES string of the molecule is CC(C)(C)C(CCN)CCC(=O)N(CCC(=O)O)C1CC1. The number of carbonyl (C=O) groups is 2. The highest BCUT2D eigenvalue weighted by Gasteiger charge is 2.33. The third kappa shape index (κ3) is 6.46. The second kappa shape index (κ2) is 7.78. The van der Waals surface area contributed by atoms with Gasteiger partial charge in [0, 0.05) is 19.0 Å². The molecule has 0 aliphatic heterocycles. The number of hydrogen-bond donors (Lipinski definition) is 2. The normalized spacial score (nSPS) is 16.6. The molecule has 0 aromatic heterocycles. The maximum atomic E-state index is 12.4. The molecule has 0 spiro atoms. The summed E-state index contributed by atoms with van der Waals surface area (Å²) in [7, 11) is 0. The molecule has 5 nitrogen and oxygen atoms in total. The first-order chi connectivity index (χ1) is 9.75. The Labute approximate surface area is 127 Å². The van der Waals surface area contributed by atoms with Crippen LogP contribution in [0.1, 0.15) is 59.3 Å². The summed E-state index contributed by atoms with van der Waals surface area (Å²) in [6.07, 6.45) is 4.31. The van der Waals surface area contributed by atoms with Gasteiger partial charge in [-0.15, -0.1) is 0 Å². The fourth-order valence-electron chi connectivity index (χ4n) is 2.77. The lowest BCUT2D eigenvalue weighted by atomic mass is 9.76. The molecule has 0 bridgehead atoms. The maximum Gasteiger partial charge on any atom is 0.305 e. The van der Waals surface area contributed by atoms with E-state index in [2.05, 4.69) is 20.8 Å². The molecule has 1 amide bonds. The lowest BCUT2D eigenvalue weighted by molar-refractivity contribution is -0.138. The van der Waals surface area contributed by atoms with Crippen molar-refractivity contribution in [3.8, 4) is 0 Å². The minimum atomic E-state index is -0.843. The van der Waals surface area contributed by atoms with E-state index >= 15 is 0 Å². The first kappa shape index (κ1) is 18.0. The first-order valence-corrected chi connectivity index (χ1v) is 7.97. The van der Waals surface area contributed by atoms with Gasteiger partial charge in [-0.1, -0.05) is 20.8 Å². The van der Waals surface area contributed by atoms with Gasteiger partial charge in [-0.05, 0) is 43.6 Å². The summed E-state index contributed by atoms with van der Waals surface area (Å²) in [4.78, 5) is 24.8. The third-order valence-electron chi connectivity index (χ3n) is 4.32. The highest BCUT2D eigenvalue weighted by molar-refractivity contribution is 5.77. The lowest BCUT2D eigenvalue weighted by Crippen LogP contribution is -2.35. The van der Waals surface area contributed by atoms with Crippen LogP contribution in [-0.4, -0.2) is 41.0 Å². The van der Waals surface area contributed by atoms with Crippen LogP contribution in [0.25, 0.3) is 0 Å². The van der Waals surface area contributed by atoms with Gasteiger partial charge >= 0.3 is 5.97 Å². The molecule has 3 N–H and O–H groups in total. The summed E-state index contributed by atoms with van der Waals surface area (Å²) >= 11 is 0. The van der Waals surface area contributed by atoms with Gasteiger partial charge in [0.1, 0.15) is 0 Å². The molecule has 1 rings (SSSR count). The lowest BCUT2D eigenvalue weighted by Gasteiger charge is -2.31. The molecule has 122 valence electrons. The highest BCUT2D eigenvalue weighted by Crippen LogP contribution is 2.33. The fourth-order valence-corrected chi connectivity index (χ4v) is 2.77. The van der Waals surface area contributed by atoms with Crippen LogP contribution in [0.4, 0.5) is 0 Å². The topological polar surface area (TPSA) is 83.6 Å². The van der Waals surface area contributed by atoms with Crippen molar-refractivity contribution in [2.75, 3.05) is 13.1 Å². The van der Waals surface area contributed by atoms with Gasteiger partial charge in [-0.25, -0.2) is 0 Å². The van der Waals surface area contributed by atoms with Gasteiger partial charge < -0.3 is 15.7 Å². The van der Waals surface area contributed by atoms with E-state index in [9.17, 15) is 9.59 Å². The van der Waals surface area contributed by atoms with Crippen molar-refractivity contribution in [2.24, 2.45) is 17.1 Å². The third-order valence-corrected chi connectivity index (χ3v) is 4.32. The first-order valence-electron chi connectivity index (χ1n) is 7.97. The second-order valence-corrected chi connectivity index (χ2v) is 7.14. The average Bonchev–Trinajstić information content (AvgIpc) is 3.17. The van der Waals surface area contributed by atoms with E-state index in [0.29, 0.717) is 25.4 Å². The number of rotatable bonds is 9. The zero-order valence-corrected chi connectivity index (χ0v) is 13.6. The van der Waals surface area contributed by atoms with E-state index in [0.717, 1.165) is 25.7 Å². The van der Waals surface area contributed by atoms with Crippen molar-refractivity contribution in [3.05, 3.63) is 0 Å². The van der Waals surface area contributed by atoms with Crippen molar-refractivity contribution in [3.63, 3.8) is 0 Å². The van der Waals surface area contributed by atoms with Gasteiger partial charge in [-0.2, -0.15) is 0 Å². The molecule has 1 unspecified atom stereocenters. The van der Waals surface area contributed by atoms with Crippen LogP contribution in [0.15, 0.2) is 0 Å². The summed E-state index contributed by atoms with van der Waals surface area (Å²) in [5, 5.41) is 8.79. The van der Waals surface area contributed by atoms with Crippen LogP contribution >= 0.6 is 0 Å². The smallest absolute Gasteiger partial charge is 0.305 e. The fraction of sp³-hybridized carbons (Fsp3) is 0.875. The molecule has 21 heavy (non-hydrogen) atoms. The zero-order chi connectivity index (χ0) is 16.0. The van der Waals surface area contributed by atoms with Crippen LogP contribution in [-0.2, 0) is 9.59 Å². The maximum absolute atomic E-state index is 12.4. The summed E-state index contributed by atoms with van der Waals surface area (Å²) in [6.45, 7) is 7.53. The molecule has 1 fully saturated rings. The van der Waals surface area contributed by atoms with Gasteiger partial charge in [0.15, 0.2) is 0 Å². The molecular weight excluding hydrogens is 268 g/mol. The van der Waals surface area contributed by atoms with Crippen molar-refractivity contribution < 1.29 is 14.7 Å². The van der Waals surface area contributed by atoms with Crippen LogP contribution < -0.4 is 5.73 Å². The van der Waals surface area contributed by atoms with Crippen LogP contribution in [0.2, 0.25) is 0 Å². The van der Waals surface area contributed by atoms with Crippen molar-refractivity contribution in [1.29, 1.82) is 0 Å². The molecule has 0 aromatic rings. The zero-order valence-electron chi connectivity index (χ0n) is 13.6. The number of amides is 1. The van der Waals surface area contributed by atoms with Gasteiger partial charge in [0.25, 0.3) is 0 Å². The number of nitrogens with two attached hydrogens (primary N) is 1. The molecule has 0 heterocycles. The van der Waals surface area contributed by atoms with Crippen molar-refractivity contribution in [2.45, 2.75) is 65.3 Å². The van der Waals surface area contributed by atoms with Crippen LogP contribution in [0, 0.1) is 11.3 Å². The average molecular weight is 298 g/mol. The molecule has 0 saturated heterocycles. The van der Waals surface area contributed by atoms with Crippen molar-refractivity contribution >= 4 is 11.9 Å². The standard InChI is InChI=1S/C16H30N2O3/c1-16(2,3)12(8-10-17)4-7-14(19)18(13-5-6-13)11-9-15(20)21/h12-13H,4-11,17H2,1-3H3,(H,20,21). The number of nitrogens with zero attached hydrogens (tertiary/aromatic N) is 1. The Morgan fingerprint density at radius 2 is 1.86 bits per heavy atom. The Morgan fingerprint density at radius 1 is 1.24 bits per heavy atom. The molecule has 1 aliphatic carbocycles. The summed E-state index contributed by atoms with van der Waals surface area (Å²) in [5.41, 5.74) is 5.81. The molecule has 0 aromatic carbocycles. The Kier molecular flexibility index (Phi) is 6.65. The van der Waals surface area contributed by atoms with Gasteiger partial charge in [-0.3, -0.25) is 9.59 Å². The number of hydrogen-bond acceptors (Lipinski definition) is 3. The second-order valence-electron chi connectivity index (χ2n) is 7.14. The van der Waals surface area contributed by atoms with Crippen molar-refractivity contribution in [1.82, 2.24) is 4.90 Å². The Bertz CT molecular complexity index is 359. The largest absolute Gasteiger partial charge is 0.481 e. The van der Waals surface area contributed by atoms with Crippen LogP contribution in [0.5, 0.6) is 0 Å². The van der Waals surface area contributed by atoms with E-state index in [1.807, 2.05) is 0 Å². The molecule has 1 aliphatic rings. The highest BCUT2D eigenvalue weighted by atomic mass is 16.4. The van der Waals surface area contributed by atoms with Gasteiger partial charge in [0.2, 0.25) is 5.91 Å². The van der Waals surface area contributed by atoms with Gasteiger partial charge in [0.05, 0.1) is 6.42 Å². The predicted octanol–water partition coefficient (Wildman–Crippen LogP) is 2.24. The number of carboxylic acids is 1. The van der Waals surface area contributed by atoms with E-state index in [4.69, 9.17) is 10.8 Å². The number of carboxylic acid groups (broad SMARTS) is 1. The molecule has 1 saturated carbocycles. The summed E-state index contributed by atoms with van der Waals surface area (Å²) < 4.78 is 0. The van der Waals surface area contributed by atoms with E-state index in [1.165, 1.54) is 0 Å². The summed E-state index contributed by atoms with van der Waals surface area (Å²) in [5.74, 6) is -0.318. The quantitative estimate of drug-likeness (QED) is 0.684. The van der Waals surface area contributed by atoms with E-state index in [-0.39, 0.29) is 23.8 Å². The molecular formula is C16H30N2O3. The molecule has 1 atom stereocenters. The summed E-state index contributed by atoms with van der Waals surface area (Å²) in [6, 6.07) is 0.277. The minimum absolute atomic E-state index is 0.0355. The predicted molar refractivity (Wildman–Crippen MR) is 82.8 cm³/mol. The Balaban J connectivity index is 2.50. The monoisotopic (exact) mass is 298 g/mol.